The summed E-state index contributed by atoms with van der Waals surface area (Å²) in [6, 6.07) is 6.06. The van der Waals surface area contributed by atoms with Crippen molar-refractivity contribution in [3.8, 4) is 0 Å². The zero-order valence-electron chi connectivity index (χ0n) is 12.5. The molecule has 1 heterocycles. The molecule has 21 heavy (non-hydrogen) atoms. The van der Waals surface area contributed by atoms with Gasteiger partial charge in [-0.05, 0) is 43.7 Å². The van der Waals surface area contributed by atoms with Crippen LogP contribution in [-0.4, -0.2) is 29.5 Å². The molecule has 5 nitrogen and oxygen atoms in total. The molecule has 1 N–H and O–H groups in total. The highest BCUT2D eigenvalue weighted by molar-refractivity contribution is 5.66. The average molecular weight is 289 g/mol. The molecular formula is C16H23N3O2. The average Bonchev–Trinajstić information content (AvgIpc) is 2.96. The minimum absolute atomic E-state index is 0.176. The number of nitro groups is 1. The van der Waals surface area contributed by atoms with Gasteiger partial charge in [0, 0.05) is 25.7 Å². The Morgan fingerprint density at radius 3 is 2.90 bits per heavy atom. The number of hydrogen-bond donors (Lipinski definition) is 1. The monoisotopic (exact) mass is 289 g/mol. The van der Waals surface area contributed by atoms with Crippen LogP contribution in [0.3, 0.4) is 0 Å². The summed E-state index contributed by atoms with van der Waals surface area (Å²) in [6.45, 7) is 1.94. The number of piperidine rings is 1. The van der Waals surface area contributed by atoms with Crippen molar-refractivity contribution < 1.29 is 4.92 Å². The summed E-state index contributed by atoms with van der Waals surface area (Å²) in [5.41, 5.74) is 1.89. The summed E-state index contributed by atoms with van der Waals surface area (Å²) in [5, 5.41) is 14.2. The molecule has 1 aromatic carbocycles. The molecule has 1 aromatic rings. The van der Waals surface area contributed by atoms with Gasteiger partial charge in [-0.2, -0.15) is 0 Å². The molecular weight excluding hydrogens is 266 g/mol. The van der Waals surface area contributed by atoms with Gasteiger partial charge in [-0.15, -0.1) is 0 Å². The van der Waals surface area contributed by atoms with E-state index in [1.807, 2.05) is 6.07 Å². The standard InChI is InChI=1S/C16H23N3O2/c1-17-16-13(6-3-9-15(16)19(20)21)11-18-10-4-7-12-5-2-8-14(12)18/h3,6,9,12,14,17H,2,4-5,7-8,10-11H2,1H3. The first kappa shape index (κ1) is 14.3. The number of anilines is 1. The SMILES string of the molecule is CNc1c(CN2CCCC3CCCC32)cccc1[N+](=O)[O-]. The molecule has 114 valence electrons. The molecule has 0 aromatic heterocycles. The van der Waals surface area contributed by atoms with Crippen LogP contribution in [0, 0.1) is 16.0 Å². The lowest BCUT2D eigenvalue weighted by Gasteiger charge is -2.38. The molecule has 5 heteroatoms. The summed E-state index contributed by atoms with van der Waals surface area (Å²) in [6.07, 6.45) is 6.59. The van der Waals surface area contributed by atoms with Crippen molar-refractivity contribution >= 4 is 11.4 Å². The number of likely N-dealkylation sites (tertiary alicyclic amines) is 1. The van der Waals surface area contributed by atoms with Crippen LogP contribution >= 0.6 is 0 Å². The maximum atomic E-state index is 11.2. The Morgan fingerprint density at radius 1 is 1.33 bits per heavy atom. The van der Waals surface area contributed by atoms with E-state index in [0.29, 0.717) is 11.7 Å². The van der Waals surface area contributed by atoms with Gasteiger partial charge in [0.2, 0.25) is 0 Å². The number of hydrogen-bond acceptors (Lipinski definition) is 4. The molecule has 2 atom stereocenters. The number of nitro benzene ring substituents is 1. The molecule has 1 saturated heterocycles. The van der Waals surface area contributed by atoms with E-state index in [1.54, 1.807) is 19.2 Å². The summed E-state index contributed by atoms with van der Waals surface area (Å²) in [7, 11) is 1.76. The van der Waals surface area contributed by atoms with Gasteiger partial charge >= 0.3 is 0 Å². The highest BCUT2D eigenvalue weighted by atomic mass is 16.6. The van der Waals surface area contributed by atoms with E-state index in [2.05, 4.69) is 10.2 Å². The maximum Gasteiger partial charge on any atom is 0.292 e. The number of fused-ring (bicyclic) bond motifs is 1. The summed E-state index contributed by atoms with van der Waals surface area (Å²) < 4.78 is 0. The number of nitrogens with zero attached hydrogens (tertiary/aromatic N) is 2. The van der Waals surface area contributed by atoms with E-state index in [9.17, 15) is 10.1 Å². The molecule has 0 amide bonds. The second-order valence-corrected chi connectivity index (χ2v) is 6.19. The minimum Gasteiger partial charge on any atom is -0.382 e. The predicted molar refractivity (Wildman–Crippen MR) is 83.4 cm³/mol. The number of benzene rings is 1. The van der Waals surface area contributed by atoms with Crippen LogP contribution in [0.15, 0.2) is 18.2 Å². The lowest BCUT2D eigenvalue weighted by molar-refractivity contribution is -0.384. The van der Waals surface area contributed by atoms with Crippen LogP contribution in [-0.2, 0) is 6.54 Å². The van der Waals surface area contributed by atoms with Crippen molar-refractivity contribution in [3.63, 3.8) is 0 Å². The fraction of sp³-hybridized carbons (Fsp3) is 0.625. The molecule has 0 bridgehead atoms. The van der Waals surface area contributed by atoms with Crippen molar-refractivity contribution in [1.82, 2.24) is 4.90 Å². The van der Waals surface area contributed by atoms with E-state index in [4.69, 9.17) is 0 Å². The zero-order chi connectivity index (χ0) is 14.8. The number of para-hydroxylation sites is 1. The Morgan fingerprint density at radius 2 is 2.14 bits per heavy atom. The van der Waals surface area contributed by atoms with Crippen molar-refractivity contribution in [2.75, 3.05) is 18.9 Å². The van der Waals surface area contributed by atoms with Gasteiger partial charge in [-0.25, -0.2) is 0 Å². The van der Waals surface area contributed by atoms with Gasteiger partial charge in [0.25, 0.3) is 5.69 Å². The molecule has 0 spiro atoms. The van der Waals surface area contributed by atoms with Crippen LogP contribution in [0.5, 0.6) is 0 Å². The molecule has 0 radical (unpaired) electrons. The quantitative estimate of drug-likeness (QED) is 0.681. The van der Waals surface area contributed by atoms with E-state index in [0.717, 1.165) is 24.6 Å². The molecule has 1 saturated carbocycles. The smallest absolute Gasteiger partial charge is 0.292 e. The normalized spacial score (nSPS) is 25.6. The highest BCUT2D eigenvalue weighted by Gasteiger charge is 2.35. The van der Waals surface area contributed by atoms with Gasteiger partial charge in [0.1, 0.15) is 5.69 Å². The third kappa shape index (κ3) is 2.75. The lowest BCUT2D eigenvalue weighted by atomic mass is 9.91. The number of nitrogens with one attached hydrogen (secondary N) is 1. The summed E-state index contributed by atoms with van der Waals surface area (Å²) in [4.78, 5) is 13.4. The van der Waals surface area contributed by atoms with Gasteiger partial charge in [0.05, 0.1) is 4.92 Å². The van der Waals surface area contributed by atoms with Crippen LogP contribution < -0.4 is 5.32 Å². The first-order chi connectivity index (χ1) is 10.2. The first-order valence-corrected chi connectivity index (χ1v) is 7.89. The first-order valence-electron chi connectivity index (χ1n) is 7.89. The van der Waals surface area contributed by atoms with Crippen LogP contribution in [0.1, 0.15) is 37.7 Å². The number of rotatable bonds is 4. The van der Waals surface area contributed by atoms with Crippen molar-refractivity contribution in [2.45, 2.75) is 44.7 Å². The second-order valence-electron chi connectivity index (χ2n) is 6.19. The Hall–Kier alpha value is -1.62. The molecule has 3 rings (SSSR count). The van der Waals surface area contributed by atoms with E-state index < -0.39 is 0 Å². The van der Waals surface area contributed by atoms with Gasteiger partial charge in [-0.3, -0.25) is 15.0 Å². The Labute approximate surface area is 125 Å². The topological polar surface area (TPSA) is 58.4 Å². The van der Waals surface area contributed by atoms with Gasteiger partial charge in [-0.1, -0.05) is 18.6 Å². The van der Waals surface area contributed by atoms with E-state index >= 15 is 0 Å². The molecule has 2 unspecified atom stereocenters. The van der Waals surface area contributed by atoms with Gasteiger partial charge < -0.3 is 5.32 Å². The van der Waals surface area contributed by atoms with Crippen LogP contribution in [0.4, 0.5) is 11.4 Å². The van der Waals surface area contributed by atoms with Crippen LogP contribution in [0.2, 0.25) is 0 Å². The second kappa shape index (κ2) is 6.02. The third-order valence-electron chi connectivity index (χ3n) is 5.06. The van der Waals surface area contributed by atoms with Crippen LogP contribution in [0.25, 0.3) is 0 Å². The largest absolute Gasteiger partial charge is 0.382 e. The third-order valence-corrected chi connectivity index (χ3v) is 5.06. The highest BCUT2D eigenvalue weighted by Crippen LogP contribution is 2.38. The van der Waals surface area contributed by atoms with Gasteiger partial charge in [0.15, 0.2) is 0 Å². The molecule has 2 fully saturated rings. The fourth-order valence-electron chi connectivity index (χ4n) is 4.13. The van der Waals surface area contributed by atoms with E-state index in [-0.39, 0.29) is 10.6 Å². The molecule has 1 aliphatic carbocycles. The Bertz CT molecular complexity index is 532. The Balaban J connectivity index is 1.84. The predicted octanol–water partition coefficient (Wildman–Crippen LogP) is 3.40. The molecule has 1 aliphatic heterocycles. The zero-order valence-corrected chi connectivity index (χ0v) is 12.5. The maximum absolute atomic E-state index is 11.2. The fourth-order valence-corrected chi connectivity index (χ4v) is 4.13. The van der Waals surface area contributed by atoms with Crippen molar-refractivity contribution in [2.24, 2.45) is 5.92 Å². The Kier molecular flexibility index (Phi) is 4.10. The minimum atomic E-state index is -0.302. The van der Waals surface area contributed by atoms with Crippen molar-refractivity contribution in [3.05, 3.63) is 33.9 Å². The summed E-state index contributed by atoms with van der Waals surface area (Å²) in [5.74, 6) is 0.843. The summed E-state index contributed by atoms with van der Waals surface area (Å²) >= 11 is 0. The van der Waals surface area contributed by atoms with E-state index in [1.165, 1.54) is 32.1 Å². The van der Waals surface area contributed by atoms with Crippen molar-refractivity contribution in [1.29, 1.82) is 0 Å². The molecule has 2 aliphatic rings. The lowest BCUT2D eigenvalue weighted by Crippen LogP contribution is -2.41.